The van der Waals surface area contributed by atoms with Crippen molar-refractivity contribution >= 4 is 22.6 Å². The fourth-order valence-electron chi connectivity index (χ4n) is 6.36. The maximum Gasteiger partial charge on any atom is 0.282 e. The number of rotatable bonds is 7. The maximum absolute atomic E-state index is 13.8. The number of methoxy groups -OCH3 is 1. The van der Waals surface area contributed by atoms with E-state index in [0.717, 1.165) is 24.9 Å². The molecule has 202 valence electrons. The van der Waals surface area contributed by atoms with Gasteiger partial charge in [-0.2, -0.15) is 0 Å². The molecule has 8 heteroatoms. The summed E-state index contributed by atoms with van der Waals surface area (Å²) in [6.45, 7) is 3.26. The lowest BCUT2D eigenvalue weighted by Crippen LogP contribution is -2.41. The van der Waals surface area contributed by atoms with E-state index in [0.29, 0.717) is 29.2 Å². The van der Waals surface area contributed by atoms with Crippen molar-refractivity contribution in [2.24, 2.45) is 0 Å². The number of nitrogens with zero attached hydrogens (tertiary/aromatic N) is 4. The lowest BCUT2D eigenvalue weighted by molar-refractivity contribution is 0.102. The van der Waals surface area contributed by atoms with E-state index in [4.69, 9.17) is 4.74 Å². The minimum Gasteiger partial charge on any atom is -0.481 e. The smallest absolute Gasteiger partial charge is 0.282 e. The Morgan fingerprint density at radius 2 is 1.82 bits per heavy atom. The van der Waals surface area contributed by atoms with Gasteiger partial charge in [0.25, 0.3) is 11.5 Å². The van der Waals surface area contributed by atoms with E-state index >= 15 is 0 Å². The number of carbonyl (C=O) groups is 1. The predicted octanol–water partition coefficient (Wildman–Crippen LogP) is 5.58. The highest BCUT2D eigenvalue weighted by Gasteiger charge is 2.32. The molecule has 0 spiro atoms. The van der Waals surface area contributed by atoms with E-state index in [1.54, 1.807) is 16.7 Å². The van der Waals surface area contributed by atoms with E-state index in [2.05, 4.69) is 27.1 Å². The molecule has 3 heterocycles. The summed E-state index contributed by atoms with van der Waals surface area (Å²) in [6, 6.07) is 12.0. The molecule has 1 saturated carbocycles. The van der Waals surface area contributed by atoms with Crippen molar-refractivity contribution in [1.82, 2.24) is 19.4 Å². The standard InChI is InChI=1S/C30H39N5O3/c1-21(19-24-13-10-18-34(24)23-11-6-4-3-5-7-12-23)35-26-15-9-8-14-25(26)33-28(30(35)37)29(36)32-22-16-17-27(38-2)31-20-22/h8-9,14-17,20-21,23-24H,3-7,10-13,18-19H2,1-2H3,(H,32,36)/t21-,24+/m1/s1. The summed E-state index contributed by atoms with van der Waals surface area (Å²) in [6.07, 6.45) is 14.0. The fraction of sp³-hybridized carbons (Fsp3) is 0.533. The maximum atomic E-state index is 13.8. The monoisotopic (exact) mass is 517 g/mol. The van der Waals surface area contributed by atoms with Gasteiger partial charge in [-0.25, -0.2) is 9.97 Å². The number of amides is 1. The van der Waals surface area contributed by atoms with Crippen molar-refractivity contribution in [3.8, 4) is 5.88 Å². The first-order chi connectivity index (χ1) is 18.5. The van der Waals surface area contributed by atoms with Crippen molar-refractivity contribution in [3.63, 3.8) is 0 Å². The Morgan fingerprint density at radius 3 is 2.55 bits per heavy atom. The van der Waals surface area contributed by atoms with Crippen LogP contribution in [0.1, 0.15) is 87.7 Å². The molecule has 5 rings (SSSR count). The zero-order valence-corrected chi connectivity index (χ0v) is 22.6. The van der Waals surface area contributed by atoms with Crippen molar-refractivity contribution in [2.45, 2.75) is 89.3 Å². The van der Waals surface area contributed by atoms with Gasteiger partial charge in [-0.1, -0.05) is 44.2 Å². The number of benzene rings is 1. The number of likely N-dealkylation sites (tertiary alicyclic amines) is 1. The minimum absolute atomic E-state index is 0.0660. The second-order valence-electron chi connectivity index (χ2n) is 10.8. The molecule has 1 aromatic carbocycles. The van der Waals surface area contributed by atoms with Gasteiger partial charge in [-0.15, -0.1) is 0 Å². The van der Waals surface area contributed by atoms with E-state index in [1.165, 1.54) is 64.7 Å². The van der Waals surface area contributed by atoms with Crippen molar-refractivity contribution in [1.29, 1.82) is 0 Å². The lowest BCUT2D eigenvalue weighted by Gasteiger charge is -2.36. The summed E-state index contributed by atoms with van der Waals surface area (Å²) in [4.78, 5) is 38.4. The summed E-state index contributed by atoms with van der Waals surface area (Å²) in [5, 5.41) is 2.77. The Kier molecular flexibility index (Phi) is 8.37. The molecule has 8 nitrogen and oxygen atoms in total. The van der Waals surface area contributed by atoms with Crippen LogP contribution < -0.4 is 15.6 Å². The molecular formula is C30H39N5O3. The van der Waals surface area contributed by atoms with Gasteiger partial charge in [0.1, 0.15) is 0 Å². The SMILES string of the molecule is COc1ccc(NC(=O)c2nc3ccccc3n([C@H](C)C[C@@H]3CCCN3C3CCCCCCC3)c2=O)cn1. The summed E-state index contributed by atoms with van der Waals surface area (Å²) < 4.78 is 6.88. The van der Waals surface area contributed by atoms with Crippen LogP contribution in [0.15, 0.2) is 47.4 Å². The molecule has 2 fully saturated rings. The Bertz CT molecular complexity index is 1300. The van der Waals surface area contributed by atoms with E-state index in [9.17, 15) is 9.59 Å². The van der Waals surface area contributed by atoms with Gasteiger partial charge in [0.05, 0.1) is 30.0 Å². The highest BCUT2D eigenvalue weighted by atomic mass is 16.5. The Morgan fingerprint density at radius 1 is 1.05 bits per heavy atom. The van der Waals surface area contributed by atoms with Gasteiger partial charge in [0.2, 0.25) is 5.88 Å². The van der Waals surface area contributed by atoms with Gasteiger partial charge < -0.3 is 14.6 Å². The lowest BCUT2D eigenvalue weighted by atomic mass is 9.94. The summed E-state index contributed by atoms with van der Waals surface area (Å²) in [5.41, 5.74) is 1.43. The normalized spacial score (nSPS) is 20.1. The number of hydrogen-bond donors (Lipinski definition) is 1. The minimum atomic E-state index is -0.536. The van der Waals surface area contributed by atoms with Crippen LogP contribution >= 0.6 is 0 Å². The summed E-state index contributed by atoms with van der Waals surface area (Å²) in [5.74, 6) is -0.0888. The largest absolute Gasteiger partial charge is 0.481 e. The molecular weight excluding hydrogens is 478 g/mol. The number of hydrogen-bond acceptors (Lipinski definition) is 6. The highest BCUT2D eigenvalue weighted by Crippen LogP contribution is 2.32. The number of aromatic nitrogens is 3. The van der Waals surface area contributed by atoms with Crippen LogP contribution in [0, 0.1) is 0 Å². The van der Waals surface area contributed by atoms with Gasteiger partial charge in [0, 0.05) is 24.2 Å². The Labute approximate surface area is 224 Å². The number of nitrogens with one attached hydrogen (secondary N) is 1. The third-order valence-corrected chi connectivity index (χ3v) is 8.23. The molecule has 2 aliphatic rings. The number of fused-ring (bicyclic) bond motifs is 1. The average Bonchev–Trinajstić information content (AvgIpc) is 3.36. The first-order valence-corrected chi connectivity index (χ1v) is 14.1. The van der Waals surface area contributed by atoms with Crippen molar-refractivity contribution < 1.29 is 9.53 Å². The van der Waals surface area contributed by atoms with Crippen molar-refractivity contribution in [2.75, 3.05) is 19.0 Å². The zero-order valence-electron chi connectivity index (χ0n) is 22.6. The van der Waals surface area contributed by atoms with Crippen LogP contribution in [-0.4, -0.2) is 51.1 Å². The number of anilines is 1. The van der Waals surface area contributed by atoms with Crippen LogP contribution in [0.5, 0.6) is 5.88 Å². The molecule has 0 radical (unpaired) electrons. The Balaban J connectivity index is 1.41. The molecule has 2 atom stereocenters. The highest BCUT2D eigenvalue weighted by molar-refractivity contribution is 6.03. The quantitative estimate of drug-likeness (QED) is 0.440. The molecule has 0 unspecified atom stereocenters. The topological polar surface area (TPSA) is 89.4 Å². The first kappa shape index (κ1) is 26.4. The number of carbonyl (C=O) groups excluding carboxylic acids is 1. The third-order valence-electron chi connectivity index (χ3n) is 8.23. The second-order valence-corrected chi connectivity index (χ2v) is 10.8. The Hall–Kier alpha value is -3.26. The molecule has 1 N–H and O–H groups in total. The number of ether oxygens (including phenoxy) is 1. The molecule has 3 aromatic rings. The number of pyridine rings is 1. The van der Waals surface area contributed by atoms with E-state index < -0.39 is 5.91 Å². The van der Waals surface area contributed by atoms with Crippen LogP contribution in [0.25, 0.3) is 11.0 Å². The van der Waals surface area contributed by atoms with Crippen LogP contribution in [0.3, 0.4) is 0 Å². The average molecular weight is 518 g/mol. The van der Waals surface area contributed by atoms with Gasteiger partial charge in [0.15, 0.2) is 5.69 Å². The summed E-state index contributed by atoms with van der Waals surface area (Å²) >= 11 is 0. The molecule has 0 bridgehead atoms. The van der Waals surface area contributed by atoms with Gasteiger partial charge in [-0.3, -0.25) is 14.5 Å². The van der Waals surface area contributed by atoms with E-state index in [-0.39, 0.29) is 17.3 Å². The molecule has 1 saturated heterocycles. The van der Waals surface area contributed by atoms with Crippen LogP contribution in [-0.2, 0) is 0 Å². The third kappa shape index (κ3) is 5.75. The van der Waals surface area contributed by atoms with Crippen LogP contribution in [0.4, 0.5) is 5.69 Å². The molecule has 1 aliphatic carbocycles. The fourth-order valence-corrected chi connectivity index (χ4v) is 6.36. The summed E-state index contributed by atoms with van der Waals surface area (Å²) in [7, 11) is 1.53. The zero-order chi connectivity index (χ0) is 26.5. The number of para-hydroxylation sites is 2. The second kappa shape index (κ2) is 12.1. The van der Waals surface area contributed by atoms with E-state index in [1.807, 2.05) is 24.3 Å². The van der Waals surface area contributed by atoms with Crippen molar-refractivity contribution in [3.05, 3.63) is 58.6 Å². The molecule has 1 aliphatic heterocycles. The first-order valence-electron chi connectivity index (χ1n) is 14.1. The molecule has 38 heavy (non-hydrogen) atoms. The van der Waals surface area contributed by atoms with Gasteiger partial charge in [-0.05, 0) is 63.8 Å². The molecule has 2 aromatic heterocycles. The molecule has 1 amide bonds. The van der Waals surface area contributed by atoms with Crippen LogP contribution in [0.2, 0.25) is 0 Å². The van der Waals surface area contributed by atoms with Gasteiger partial charge >= 0.3 is 0 Å². The predicted molar refractivity (Wildman–Crippen MR) is 150 cm³/mol.